The number of anilines is 1. The van der Waals surface area contributed by atoms with Crippen molar-refractivity contribution in [2.75, 3.05) is 5.32 Å². The molecule has 3 N–H and O–H groups in total. The van der Waals surface area contributed by atoms with Gasteiger partial charge in [0.05, 0.1) is 10.7 Å². The zero-order valence-corrected chi connectivity index (χ0v) is 12.2. The summed E-state index contributed by atoms with van der Waals surface area (Å²) in [6, 6.07) is 7.09. The van der Waals surface area contributed by atoms with Gasteiger partial charge in [-0.3, -0.25) is 9.48 Å². The monoisotopic (exact) mass is 338 g/mol. The van der Waals surface area contributed by atoms with E-state index in [0.29, 0.717) is 10.7 Å². The van der Waals surface area contributed by atoms with Crippen LogP contribution in [0.3, 0.4) is 0 Å². The zero-order valence-electron chi connectivity index (χ0n) is 9.84. The number of amides is 1. The second kappa shape index (κ2) is 5.94. The number of carbonyl (C=O) groups is 1. The van der Waals surface area contributed by atoms with Gasteiger partial charge in [0.25, 0.3) is 0 Å². The maximum absolute atomic E-state index is 11.8. The van der Waals surface area contributed by atoms with E-state index in [0.717, 1.165) is 10.0 Å². The molecule has 0 atom stereocenters. The molecule has 7 heteroatoms. The van der Waals surface area contributed by atoms with Crippen LogP contribution in [0.15, 0.2) is 41.1 Å². The summed E-state index contributed by atoms with van der Waals surface area (Å²) < 4.78 is 2.37. The summed E-state index contributed by atoms with van der Waals surface area (Å²) in [5, 5.41) is 6.78. The molecular weight excluding hydrogens is 328 g/mol. The summed E-state index contributed by atoms with van der Waals surface area (Å²) in [6.45, 7) is 0.142. The molecule has 0 saturated carbocycles. The van der Waals surface area contributed by atoms with Gasteiger partial charge in [0.1, 0.15) is 11.5 Å². The number of halogens is 1. The summed E-state index contributed by atoms with van der Waals surface area (Å²) >= 11 is 8.16. The van der Waals surface area contributed by atoms with Crippen LogP contribution < -0.4 is 11.1 Å². The number of nitrogens with one attached hydrogen (secondary N) is 1. The van der Waals surface area contributed by atoms with Crippen LogP contribution >= 0.6 is 28.1 Å². The molecule has 2 aromatic rings. The van der Waals surface area contributed by atoms with E-state index in [4.69, 9.17) is 18.0 Å². The molecule has 5 nitrogen and oxygen atoms in total. The molecule has 0 radical (unpaired) electrons. The van der Waals surface area contributed by atoms with Crippen LogP contribution in [0.5, 0.6) is 0 Å². The lowest BCUT2D eigenvalue weighted by molar-refractivity contribution is -0.116. The first-order chi connectivity index (χ1) is 9.04. The largest absolute Gasteiger partial charge is 0.389 e. The highest BCUT2D eigenvalue weighted by molar-refractivity contribution is 9.10. The maximum atomic E-state index is 11.8. The Balaban J connectivity index is 2.02. The number of benzene rings is 1. The Hall–Kier alpha value is -1.73. The lowest BCUT2D eigenvalue weighted by Crippen LogP contribution is -2.19. The Morgan fingerprint density at radius 1 is 1.53 bits per heavy atom. The highest BCUT2D eigenvalue weighted by Gasteiger charge is 2.06. The van der Waals surface area contributed by atoms with Gasteiger partial charge in [-0.1, -0.05) is 24.4 Å². The van der Waals surface area contributed by atoms with E-state index in [-0.39, 0.29) is 12.5 Å². The number of hydrogen-bond acceptors (Lipinski definition) is 3. The van der Waals surface area contributed by atoms with Crippen LogP contribution in [-0.2, 0) is 11.3 Å². The van der Waals surface area contributed by atoms with E-state index in [9.17, 15) is 4.79 Å². The summed E-state index contributed by atoms with van der Waals surface area (Å²) in [6.07, 6.45) is 3.35. The van der Waals surface area contributed by atoms with Crippen LogP contribution in [0.25, 0.3) is 0 Å². The fourth-order valence-electron chi connectivity index (χ4n) is 1.52. The van der Waals surface area contributed by atoms with Gasteiger partial charge in [0.2, 0.25) is 5.91 Å². The number of carbonyl (C=O) groups excluding carboxylic acids is 1. The van der Waals surface area contributed by atoms with E-state index in [1.165, 1.54) is 4.68 Å². The van der Waals surface area contributed by atoms with E-state index in [2.05, 4.69) is 26.3 Å². The van der Waals surface area contributed by atoms with Crippen molar-refractivity contribution in [1.29, 1.82) is 0 Å². The van der Waals surface area contributed by atoms with Crippen molar-refractivity contribution in [1.82, 2.24) is 9.78 Å². The molecule has 1 amide bonds. The summed E-state index contributed by atoms with van der Waals surface area (Å²) in [5.41, 5.74) is 6.91. The first kappa shape index (κ1) is 13.7. The Morgan fingerprint density at radius 3 is 2.95 bits per heavy atom. The Labute approximate surface area is 123 Å². The Morgan fingerprint density at radius 2 is 2.32 bits per heavy atom. The maximum Gasteiger partial charge on any atom is 0.246 e. The quantitative estimate of drug-likeness (QED) is 0.835. The molecule has 0 aliphatic carbocycles. The van der Waals surface area contributed by atoms with Crippen molar-refractivity contribution >= 4 is 44.7 Å². The first-order valence-electron chi connectivity index (χ1n) is 5.42. The number of nitrogens with two attached hydrogens (primary N) is 1. The van der Waals surface area contributed by atoms with Crippen LogP contribution in [0.1, 0.15) is 5.56 Å². The Bertz CT molecular complexity index is 626. The van der Waals surface area contributed by atoms with Crippen molar-refractivity contribution in [3.05, 3.63) is 46.7 Å². The molecule has 0 bridgehead atoms. The lowest BCUT2D eigenvalue weighted by atomic mass is 10.2. The number of hydrogen-bond donors (Lipinski definition) is 2. The predicted molar refractivity (Wildman–Crippen MR) is 80.9 cm³/mol. The topological polar surface area (TPSA) is 72.9 Å². The Kier molecular flexibility index (Phi) is 4.28. The molecule has 0 aliphatic rings. The minimum Gasteiger partial charge on any atom is -0.389 e. The van der Waals surface area contributed by atoms with E-state index >= 15 is 0 Å². The van der Waals surface area contributed by atoms with Gasteiger partial charge < -0.3 is 11.1 Å². The van der Waals surface area contributed by atoms with E-state index in [1.807, 2.05) is 0 Å². The van der Waals surface area contributed by atoms with Crippen LogP contribution in [-0.4, -0.2) is 20.7 Å². The van der Waals surface area contributed by atoms with Gasteiger partial charge in [-0.25, -0.2) is 0 Å². The third-order valence-corrected chi connectivity index (χ3v) is 2.98. The molecule has 0 spiro atoms. The van der Waals surface area contributed by atoms with Crippen molar-refractivity contribution in [2.24, 2.45) is 5.73 Å². The van der Waals surface area contributed by atoms with Crippen LogP contribution in [0.4, 0.5) is 5.69 Å². The van der Waals surface area contributed by atoms with E-state index in [1.54, 1.807) is 36.7 Å². The highest BCUT2D eigenvalue weighted by atomic mass is 79.9. The number of rotatable bonds is 4. The average molecular weight is 339 g/mol. The van der Waals surface area contributed by atoms with Crippen molar-refractivity contribution < 1.29 is 4.79 Å². The summed E-state index contributed by atoms with van der Waals surface area (Å²) in [7, 11) is 0. The minimum atomic E-state index is -0.171. The second-order valence-corrected chi connectivity index (χ2v) is 5.20. The van der Waals surface area contributed by atoms with Gasteiger partial charge in [-0.05, 0) is 28.1 Å². The number of thiocarbonyl (C=S) groups is 1. The van der Waals surface area contributed by atoms with Crippen LogP contribution in [0, 0.1) is 0 Å². The number of aromatic nitrogens is 2. The number of nitrogens with zero attached hydrogens (tertiary/aromatic N) is 2. The standard InChI is InChI=1S/C12H11BrN4OS/c13-9-5-15-17(6-9)7-11(18)16-10-3-1-2-8(4-10)12(14)19/h1-6H,7H2,(H2,14,19)(H,16,18). The molecule has 1 heterocycles. The molecule has 0 unspecified atom stereocenters. The van der Waals surface area contributed by atoms with Crippen molar-refractivity contribution in [3.8, 4) is 0 Å². The normalized spacial score (nSPS) is 10.2. The molecule has 0 fully saturated rings. The van der Waals surface area contributed by atoms with Gasteiger partial charge in [-0.15, -0.1) is 0 Å². The molecule has 1 aromatic heterocycles. The average Bonchev–Trinajstić information content (AvgIpc) is 2.74. The minimum absolute atomic E-state index is 0.142. The van der Waals surface area contributed by atoms with Gasteiger partial charge in [0, 0.05) is 17.4 Å². The molecular formula is C12H11BrN4OS. The fraction of sp³-hybridized carbons (Fsp3) is 0.0833. The van der Waals surface area contributed by atoms with Crippen LogP contribution in [0.2, 0.25) is 0 Å². The first-order valence-corrected chi connectivity index (χ1v) is 6.62. The van der Waals surface area contributed by atoms with Gasteiger partial charge >= 0.3 is 0 Å². The molecule has 0 saturated heterocycles. The third kappa shape index (κ3) is 3.87. The SMILES string of the molecule is NC(=S)c1cccc(NC(=O)Cn2cc(Br)cn2)c1. The molecule has 2 rings (SSSR count). The van der Waals surface area contributed by atoms with Crippen molar-refractivity contribution in [2.45, 2.75) is 6.54 Å². The molecule has 1 aromatic carbocycles. The molecule has 19 heavy (non-hydrogen) atoms. The van der Waals surface area contributed by atoms with E-state index < -0.39 is 0 Å². The van der Waals surface area contributed by atoms with Gasteiger partial charge in [-0.2, -0.15) is 5.10 Å². The second-order valence-electron chi connectivity index (χ2n) is 3.85. The summed E-state index contributed by atoms with van der Waals surface area (Å²) in [4.78, 5) is 12.1. The smallest absolute Gasteiger partial charge is 0.246 e. The third-order valence-electron chi connectivity index (χ3n) is 2.34. The fourth-order valence-corrected chi connectivity index (χ4v) is 1.98. The zero-order chi connectivity index (χ0) is 13.8. The molecule has 0 aliphatic heterocycles. The summed E-state index contributed by atoms with van der Waals surface area (Å²) in [5.74, 6) is -0.171. The highest BCUT2D eigenvalue weighted by Crippen LogP contribution is 2.11. The van der Waals surface area contributed by atoms with Crippen molar-refractivity contribution in [3.63, 3.8) is 0 Å². The molecule has 98 valence electrons. The lowest BCUT2D eigenvalue weighted by Gasteiger charge is -2.07. The predicted octanol–water partition coefficient (Wildman–Crippen LogP) is 1.92. The van der Waals surface area contributed by atoms with Gasteiger partial charge in [0.15, 0.2) is 0 Å².